The molecule has 0 aromatic carbocycles. The van der Waals surface area contributed by atoms with Crippen molar-refractivity contribution in [1.82, 2.24) is 24.6 Å². The van der Waals surface area contributed by atoms with Gasteiger partial charge in [0.15, 0.2) is 0 Å². The van der Waals surface area contributed by atoms with Crippen molar-refractivity contribution in [3.8, 4) is 0 Å². The van der Waals surface area contributed by atoms with Gasteiger partial charge in [-0.15, -0.1) is 0 Å². The number of hydrogen-bond donors (Lipinski definition) is 3. The molecule has 146 valence electrons. The summed E-state index contributed by atoms with van der Waals surface area (Å²) in [6.45, 7) is 2.30. The van der Waals surface area contributed by atoms with Gasteiger partial charge in [-0.2, -0.15) is 4.31 Å². The van der Waals surface area contributed by atoms with Crippen LogP contribution < -0.4 is 16.0 Å². The molecule has 0 atom stereocenters. The molecule has 0 aliphatic heterocycles. The van der Waals surface area contributed by atoms with Crippen LogP contribution in [0.4, 0.5) is 17.5 Å². The van der Waals surface area contributed by atoms with Crippen LogP contribution in [-0.4, -0.2) is 66.5 Å². The number of nitrogens with zero attached hydrogens (tertiary/aromatic N) is 4. The maximum absolute atomic E-state index is 11.7. The van der Waals surface area contributed by atoms with Gasteiger partial charge in [-0.05, 0) is 19.1 Å². The number of aromatic nitrogens is 3. The lowest BCUT2D eigenvalue weighted by molar-refractivity contribution is -0.121. The van der Waals surface area contributed by atoms with E-state index >= 15 is 0 Å². The second kappa shape index (κ2) is 9.24. The fourth-order valence-electron chi connectivity index (χ4n) is 2.06. The number of aryl methyl sites for hydroxylation is 1. The highest BCUT2D eigenvalue weighted by atomic mass is 32.2. The topological polar surface area (TPSA) is 129 Å². The van der Waals surface area contributed by atoms with Crippen molar-refractivity contribution >= 4 is 33.4 Å². The Bertz CT molecular complexity index is 875. The van der Waals surface area contributed by atoms with Crippen LogP contribution in [-0.2, 0) is 14.8 Å². The Morgan fingerprint density at radius 3 is 2.56 bits per heavy atom. The zero-order chi connectivity index (χ0) is 19.9. The predicted octanol–water partition coefficient (Wildman–Crippen LogP) is 0.343. The van der Waals surface area contributed by atoms with Crippen LogP contribution in [0.25, 0.3) is 0 Å². The molecule has 0 aliphatic rings. The molecular formula is C16H23N7O3S. The first-order chi connectivity index (χ1) is 12.7. The third kappa shape index (κ3) is 7.15. The van der Waals surface area contributed by atoms with Crippen LogP contribution in [0, 0.1) is 6.92 Å². The maximum Gasteiger partial charge on any atom is 0.235 e. The van der Waals surface area contributed by atoms with Gasteiger partial charge in [-0.1, -0.05) is 6.07 Å². The molecule has 0 unspecified atom stereocenters. The number of hydrogen-bond acceptors (Lipinski definition) is 8. The normalized spacial score (nSPS) is 11.3. The monoisotopic (exact) mass is 393 g/mol. The summed E-state index contributed by atoms with van der Waals surface area (Å²) in [6, 6.07) is 7.26. The molecule has 2 heterocycles. The average Bonchev–Trinajstić information content (AvgIpc) is 2.58. The average molecular weight is 393 g/mol. The van der Waals surface area contributed by atoms with Crippen LogP contribution in [0.1, 0.15) is 5.82 Å². The van der Waals surface area contributed by atoms with Gasteiger partial charge in [0.2, 0.25) is 15.9 Å². The minimum absolute atomic E-state index is 0.219. The fourth-order valence-corrected chi connectivity index (χ4v) is 2.41. The first kappa shape index (κ1) is 20.5. The number of sulfonamides is 1. The summed E-state index contributed by atoms with van der Waals surface area (Å²) in [7, 11) is -2.02. The Morgan fingerprint density at radius 1 is 1.15 bits per heavy atom. The molecule has 1 amide bonds. The molecule has 10 nitrogen and oxygen atoms in total. The van der Waals surface area contributed by atoms with E-state index in [4.69, 9.17) is 0 Å². The second-order valence-corrected chi connectivity index (χ2v) is 7.91. The van der Waals surface area contributed by atoms with Crippen molar-refractivity contribution in [3.05, 3.63) is 36.3 Å². The third-order valence-corrected chi connectivity index (χ3v) is 4.71. The summed E-state index contributed by atoms with van der Waals surface area (Å²) in [5.41, 5.74) is 0. The highest BCUT2D eigenvalue weighted by molar-refractivity contribution is 7.88. The molecule has 11 heteroatoms. The molecule has 0 spiro atoms. The van der Waals surface area contributed by atoms with Gasteiger partial charge in [0.25, 0.3) is 0 Å². The van der Waals surface area contributed by atoms with E-state index in [-0.39, 0.29) is 12.5 Å². The first-order valence-corrected chi connectivity index (χ1v) is 10.0. The summed E-state index contributed by atoms with van der Waals surface area (Å²) in [5.74, 6) is 2.08. The summed E-state index contributed by atoms with van der Waals surface area (Å²) < 4.78 is 23.6. The van der Waals surface area contributed by atoms with E-state index < -0.39 is 10.0 Å². The van der Waals surface area contributed by atoms with Gasteiger partial charge < -0.3 is 16.0 Å². The number of amides is 1. The molecule has 2 rings (SSSR count). The van der Waals surface area contributed by atoms with E-state index in [1.165, 1.54) is 7.05 Å². The van der Waals surface area contributed by atoms with Crippen molar-refractivity contribution in [3.63, 3.8) is 0 Å². The molecule has 0 bridgehead atoms. The number of likely N-dealkylation sites (N-methyl/N-ethyl adjacent to an activating group) is 1. The van der Waals surface area contributed by atoms with Gasteiger partial charge in [-0.25, -0.2) is 23.4 Å². The Labute approximate surface area is 158 Å². The second-order valence-electron chi connectivity index (χ2n) is 5.82. The van der Waals surface area contributed by atoms with Crippen molar-refractivity contribution < 1.29 is 13.2 Å². The number of pyridine rings is 1. The van der Waals surface area contributed by atoms with Gasteiger partial charge >= 0.3 is 0 Å². The Kier molecular flexibility index (Phi) is 7.02. The summed E-state index contributed by atoms with van der Waals surface area (Å²) in [5, 5.41) is 8.84. The van der Waals surface area contributed by atoms with Crippen molar-refractivity contribution in [2.24, 2.45) is 0 Å². The molecule has 2 aromatic heterocycles. The van der Waals surface area contributed by atoms with Gasteiger partial charge in [-0.3, -0.25) is 4.79 Å². The summed E-state index contributed by atoms with van der Waals surface area (Å²) >= 11 is 0. The van der Waals surface area contributed by atoms with Crippen LogP contribution >= 0.6 is 0 Å². The van der Waals surface area contributed by atoms with Gasteiger partial charge in [0.1, 0.15) is 23.3 Å². The van der Waals surface area contributed by atoms with E-state index in [9.17, 15) is 13.2 Å². The number of rotatable bonds is 9. The lowest BCUT2D eigenvalue weighted by atomic mass is 10.4. The smallest absolute Gasteiger partial charge is 0.235 e. The quantitative estimate of drug-likeness (QED) is 0.520. The third-order valence-electron chi connectivity index (χ3n) is 3.44. The van der Waals surface area contributed by atoms with E-state index in [0.29, 0.717) is 36.4 Å². The molecule has 0 saturated carbocycles. The molecule has 0 saturated heterocycles. The van der Waals surface area contributed by atoms with Gasteiger partial charge in [0, 0.05) is 32.4 Å². The van der Waals surface area contributed by atoms with Crippen LogP contribution in [0.5, 0.6) is 0 Å². The molecule has 0 fully saturated rings. The van der Waals surface area contributed by atoms with E-state index in [2.05, 4.69) is 30.9 Å². The van der Waals surface area contributed by atoms with E-state index in [1.807, 2.05) is 18.2 Å². The first-order valence-electron chi connectivity index (χ1n) is 8.19. The lowest BCUT2D eigenvalue weighted by Crippen LogP contribution is -2.39. The van der Waals surface area contributed by atoms with Crippen molar-refractivity contribution in [1.29, 1.82) is 0 Å². The van der Waals surface area contributed by atoms with Crippen molar-refractivity contribution in [2.45, 2.75) is 6.92 Å². The highest BCUT2D eigenvalue weighted by Crippen LogP contribution is 2.15. The minimum Gasteiger partial charge on any atom is -0.368 e. The van der Waals surface area contributed by atoms with Crippen LogP contribution in [0.15, 0.2) is 30.5 Å². The SMILES string of the molecule is Cc1nc(NCCNC(=O)CN(C)S(C)(=O)=O)cc(Nc2ccccn2)n1. The zero-order valence-electron chi connectivity index (χ0n) is 15.4. The summed E-state index contributed by atoms with van der Waals surface area (Å²) in [6.07, 6.45) is 2.73. The van der Waals surface area contributed by atoms with E-state index in [1.54, 1.807) is 19.2 Å². The van der Waals surface area contributed by atoms with Crippen LogP contribution in [0.2, 0.25) is 0 Å². The number of carbonyl (C=O) groups excluding carboxylic acids is 1. The highest BCUT2D eigenvalue weighted by Gasteiger charge is 2.14. The standard InChI is InChI=1S/C16H23N7O3S/c1-12-20-14(10-15(21-12)22-13-6-4-5-7-17-13)18-8-9-19-16(24)11-23(2)27(3,25)26/h4-7,10H,8-9,11H2,1-3H3,(H,19,24)(H2,17,18,20,21,22). The molecule has 3 N–H and O–H groups in total. The van der Waals surface area contributed by atoms with Crippen LogP contribution in [0.3, 0.4) is 0 Å². The number of anilines is 3. The van der Waals surface area contributed by atoms with Gasteiger partial charge in [0.05, 0.1) is 12.8 Å². The Morgan fingerprint density at radius 2 is 1.89 bits per heavy atom. The molecule has 0 radical (unpaired) electrons. The lowest BCUT2D eigenvalue weighted by Gasteiger charge is -2.14. The summed E-state index contributed by atoms with van der Waals surface area (Å²) in [4.78, 5) is 24.5. The Balaban J connectivity index is 1.83. The van der Waals surface area contributed by atoms with E-state index in [0.717, 1.165) is 10.6 Å². The molecule has 0 aliphatic carbocycles. The minimum atomic E-state index is -3.38. The number of nitrogens with one attached hydrogen (secondary N) is 3. The maximum atomic E-state index is 11.7. The fraction of sp³-hybridized carbons (Fsp3) is 0.375. The zero-order valence-corrected chi connectivity index (χ0v) is 16.2. The number of carbonyl (C=O) groups is 1. The molecular weight excluding hydrogens is 370 g/mol. The largest absolute Gasteiger partial charge is 0.368 e. The Hall–Kier alpha value is -2.79. The van der Waals surface area contributed by atoms with Crippen molar-refractivity contribution in [2.75, 3.05) is 43.6 Å². The predicted molar refractivity (Wildman–Crippen MR) is 103 cm³/mol. The molecule has 27 heavy (non-hydrogen) atoms. The molecule has 2 aromatic rings.